The van der Waals surface area contributed by atoms with E-state index < -0.39 is 0 Å². The van der Waals surface area contributed by atoms with E-state index >= 15 is 0 Å². The van der Waals surface area contributed by atoms with Gasteiger partial charge < -0.3 is 11.5 Å². The molecule has 0 aliphatic heterocycles. The first-order valence-electron chi connectivity index (χ1n) is 3.17. The van der Waals surface area contributed by atoms with Crippen molar-refractivity contribution < 1.29 is 0 Å². The van der Waals surface area contributed by atoms with Gasteiger partial charge in [-0.05, 0) is 12.8 Å². The summed E-state index contributed by atoms with van der Waals surface area (Å²) >= 11 is 0. The van der Waals surface area contributed by atoms with Gasteiger partial charge in [-0.15, -0.1) is 12.4 Å². The summed E-state index contributed by atoms with van der Waals surface area (Å²) in [5.41, 5.74) is 11.1. The van der Waals surface area contributed by atoms with Crippen LogP contribution in [0.1, 0.15) is 26.7 Å². The van der Waals surface area contributed by atoms with Crippen molar-refractivity contribution in [1.82, 2.24) is 0 Å². The Balaban J connectivity index is 0. The maximum absolute atomic E-state index is 5.77. The average molecular weight is 153 g/mol. The lowest BCUT2D eigenvalue weighted by Crippen LogP contribution is -2.45. The Morgan fingerprint density at radius 1 is 1.22 bits per heavy atom. The molecule has 0 aromatic rings. The van der Waals surface area contributed by atoms with Gasteiger partial charge in [0.05, 0.1) is 0 Å². The van der Waals surface area contributed by atoms with Gasteiger partial charge in [0, 0.05) is 12.1 Å². The van der Waals surface area contributed by atoms with E-state index in [1.54, 1.807) is 0 Å². The molecule has 0 aliphatic rings. The van der Waals surface area contributed by atoms with Crippen molar-refractivity contribution in [3.63, 3.8) is 0 Å². The molecule has 2 nitrogen and oxygen atoms in total. The SMILES string of the molecule is CCC(N)(CC)CN.Cl. The summed E-state index contributed by atoms with van der Waals surface area (Å²) in [6.45, 7) is 4.73. The van der Waals surface area contributed by atoms with E-state index in [0.29, 0.717) is 6.54 Å². The first kappa shape index (κ1) is 11.9. The van der Waals surface area contributed by atoms with E-state index in [-0.39, 0.29) is 17.9 Å². The largest absolute Gasteiger partial charge is 0.329 e. The van der Waals surface area contributed by atoms with Crippen molar-refractivity contribution in [2.75, 3.05) is 6.54 Å². The molecule has 9 heavy (non-hydrogen) atoms. The molecule has 0 heterocycles. The zero-order valence-electron chi connectivity index (χ0n) is 6.18. The van der Waals surface area contributed by atoms with Gasteiger partial charge in [-0.25, -0.2) is 0 Å². The molecule has 4 N–H and O–H groups in total. The Hall–Kier alpha value is 0.210. The lowest BCUT2D eigenvalue weighted by molar-refractivity contribution is 0.407. The summed E-state index contributed by atoms with van der Waals surface area (Å²) in [4.78, 5) is 0. The molecule has 0 aliphatic carbocycles. The van der Waals surface area contributed by atoms with Gasteiger partial charge in [0.25, 0.3) is 0 Å². The van der Waals surface area contributed by atoms with Crippen LogP contribution in [0, 0.1) is 0 Å². The van der Waals surface area contributed by atoms with Crippen LogP contribution >= 0.6 is 12.4 Å². The van der Waals surface area contributed by atoms with Crippen molar-refractivity contribution in [1.29, 1.82) is 0 Å². The number of hydrogen-bond acceptors (Lipinski definition) is 2. The van der Waals surface area contributed by atoms with Crippen LogP contribution in [-0.4, -0.2) is 12.1 Å². The predicted octanol–water partition coefficient (Wildman–Crippen LogP) is 0.884. The molecule has 0 radical (unpaired) electrons. The van der Waals surface area contributed by atoms with Crippen molar-refractivity contribution in [2.45, 2.75) is 32.2 Å². The average Bonchev–Trinajstić information content (AvgIpc) is 1.87. The first-order valence-corrected chi connectivity index (χ1v) is 3.17. The monoisotopic (exact) mass is 152 g/mol. The number of halogens is 1. The van der Waals surface area contributed by atoms with Gasteiger partial charge in [-0.3, -0.25) is 0 Å². The highest BCUT2D eigenvalue weighted by atomic mass is 35.5. The van der Waals surface area contributed by atoms with Crippen molar-refractivity contribution >= 4 is 12.4 Å². The fraction of sp³-hybridized carbons (Fsp3) is 1.00. The molecule has 0 aromatic carbocycles. The van der Waals surface area contributed by atoms with Crippen LogP contribution in [0.25, 0.3) is 0 Å². The Bertz CT molecular complexity index is 53.8. The van der Waals surface area contributed by atoms with Crippen LogP contribution in [0.2, 0.25) is 0 Å². The molecule has 0 rings (SSSR count). The second-order valence-electron chi connectivity index (χ2n) is 2.27. The van der Waals surface area contributed by atoms with Crippen LogP contribution in [0.5, 0.6) is 0 Å². The summed E-state index contributed by atoms with van der Waals surface area (Å²) < 4.78 is 0. The fourth-order valence-electron chi connectivity index (χ4n) is 0.539. The summed E-state index contributed by atoms with van der Waals surface area (Å²) in [5, 5.41) is 0. The second-order valence-corrected chi connectivity index (χ2v) is 2.27. The molecule has 0 spiro atoms. The maximum Gasteiger partial charge on any atom is 0.0273 e. The lowest BCUT2D eigenvalue weighted by Gasteiger charge is -2.23. The highest BCUT2D eigenvalue weighted by Gasteiger charge is 2.16. The molecular weight excluding hydrogens is 136 g/mol. The number of hydrogen-bond donors (Lipinski definition) is 2. The van der Waals surface area contributed by atoms with Gasteiger partial charge in [0.15, 0.2) is 0 Å². The summed E-state index contributed by atoms with van der Waals surface area (Å²) in [6.07, 6.45) is 1.94. The van der Waals surface area contributed by atoms with Gasteiger partial charge in [0.2, 0.25) is 0 Å². The zero-order valence-corrected chi connectivity index (χ0v) is 7.00. The van der Waals surface area contributed by atoms with E-state index in [2.05, 4.69) is 13.8 Å². The predicted molar refractivity (Wildman–Crippen MR) is 43.8 cm³/mol. The molecule has 3 heteroatoms. The van der Waals surface area contributed by atoms with Crippen molar-refractivity contribution in [3.05, 3.63) is 0 Å². The number of nitrogens with two attached hydrogens (primary N) is 2. The summed E-state index contributed by atoms with van der Waals surface area (Å²) in [6, 6.07) is 0. The topological polar surface area (TPSA) is 52.0 Å². The smallest absolute Gasteiger partial charge is 0.0273 e. The van der Waals surface area contributed by atoms with Crippen LogP contribution in [-0.2, 0) is 0 Å². The Kier molecular flexibility index (Phi) is 6.68. The van der Waals surface area contributed by atoms with Crippen LogP contribution < -0.4 is 11.5 Å². The van der Waals surface area contributed by atoms with E-state index in [1.165, 1.54) is 0 Å². The lowest BCUT2D eigenvalue weighted by atomic mass is 9.95. The van der Waals surface area contributed by atoms with E-state index in [0.717, 1.165) is 12.8 Å². The Morgan fingerprint density at radius 2 is 1.56 bits per heavy atom. The van der Waals surface area contributed by atoms with Crippen molar-refractivity contribution in [3.8, 4) is 0 Å². The third-order valence-electron chi connectivity index (χ3n) is 1.81. The fourth-order valence-corrected chi connectivity index (χ4v) is 0.539. The highest BCUT2D eigenvalue weighted by molar-refractivity contribution is 5.85. The third kappa shape index (κ3) is 3.73. The normalized spacial score (nSPS) is 10.7. The standard InChI is InChI=1S/C6H16N2.ClH/c1-3-6(8,4-2)5-7;/h3-5,7-8H2,1-2H3;1H. The first-order chi connectivity index (χ1) is 3.68. The van der Waals surface area contributed by atoms with Crippen LogP contribution in [0.3, 0.4) is 0 Å². The van der Waals surface area contributed by atoms with Crippen LogP contribution in [0.4, 0.5) is 0 Å². The van der Waals surface area contributed by atoms with Crippen LogP contribution in [0.15, 0.2) is 0 Å². The minimum absolute atomic E-state index is 0. The molecule has 0 unspecified atom stereocenters. The maximum atomic E-state index is 5.77. The minimum atomic E-state index is -0.0972. The van der Waals surface area contributed by atoms with Gasteiger partial charge in [-0.1, -0.05) is 13.8 Å². The van der Waals surface area contributed by atoms with E-state index in [4.69, 9.17) is 11.5 Å². The minimum Gasteiger partial charge on any atom is -0.329 e. The van der Waals surface area contributed by atoms with E-state index in [1.807, 2.05) is 0 Å². The molecule has 0 saturated heterocycles. The van der Waals surface area contributed by atoms with Crippen molar-refractivity contribution in [2.24, 2.45) is 11.5 Å². The molecule has 58 valence electrons. The highest BCUT2D eigenvalue weighted by Crippen LogP contribution is 2.07. The van der Waals surface area contributed by atoms with Gasteiger partial charge >= 0.3 is 0 Å². The summed E-state index contributed by atoms with van der Waals surface area (Å²) in [5.74, 6) is 0. The summed E-state index contributed by atoms with van der Waals surface area (Å²) in [7, 11) is 0. The quantitative estimate of drug-likeness (QED) is 0.631. The van der Waals surface area contributed by atoms with Gasteiger partial charge in [0.1, 0.15) is 0 Å². The van der Waals surface area contributed by atoms with E-state index in [9.17, 15) is 0 Å². The molecule has 0 fully saturated rings. The molecule has 0 atom stereocenters. The molecule has 0 bridgehead atoms. The number of rotatable bonds is 3. The second kappa shape index (κ2) is 5.03. The third-order valence-corrected chi connectivity index (χ3v) is 1.81. The Labute approximate surface area is 63.4 Å². The molecule has 0 saturated carbocycles. The molecule has 0 amide bonds. The molecule has 0 aromatic heterocycles. The zero-order chi connectivity index (χ0) is 6.62. The Morgan fingerprint density at radius 3 is 1.56 bits per heavy atom. The molecular formula is C6H17ClN2. The van der Waals surface area contributed by atoms with Gasteiger partial charge in [-0.2, -0.15) is 0 Å².